The van der Waals surface area contributed by atoms with Crippen molar-refractivity contribution < 1.29 is 19.1 Å². The number of carbonyl (C=O) groups excluding carboxylic acids is 2. The molecule has 2 aromatic rings. The van der Waals surface area contributed by atoms with Gasteiger partial charge < -0.3 is 9.47 Å². The van der Waals surface area contributed by atoms with Crippen molar-refractivity contribution in [1.29, 1.82) is 0 Å². The lowest BCUT2D eigenvalue weighted by molar-refractivity contribution is -0.121. The Balaban J connectivity index is 1.75. The van der Waals surface area contributed by atoms with Gasteiger partial charge in [-0.3, -0.25) is 25.8 Å². The summed E-state index contributed by atoms with van der Waals surface area (Å²) >= 11 is 20.4. The highest BCUT2D eigenvalue weighted by atomic mass is 79.9. The first kappa shape index (κ1) is 28.2. The minimum Gasteiger partial charge on any atom is -0.493 e. The van der Waals surface area contributed by atoms with Gasteiger partial charge in [0.1, 0.15) is 11.5 Å². The van der Waals surface area contributed by atoms with Crippen molar-refractivity contribution in [3.05, 3.63) is 56.5 Å². The molecule has 0 spiro atoms. The second-order valence-corrected chi connectivity index (χ2v) is 9.82. The summed E-state index contributed by atoms with van der Waals surface area (Å²) in [6, 6.07) is 10.1. The molecule has 2 aromatic carbocycles. The highest BCUT2D eigenvalue weighted by Gasteiger charge is 2.15. The van der Waals surface area contributed by atoms with E-state index in [1.165, 1.54) is 0 Å². The molecule has 0 aliphatic carbocycles. The normalized spacial score (nSPS) is 10.5. The van der Waals surface area contributed by atoms with Crippen LogP contribution in [0.1, 0.15) is 43.5 Å². The third kappa shape index (κ3) is 10.0. The van der Waals surface area contributed by atoms with E-state index in [0.717, 1.165) is 10.9 Å². The number of thiocarbonyl (C=S) groups is 1. The SMILES string of the molecule is CC(C)CCOc1ccc(Br)cc1C(=O)NC(=S)NNC(=O)CCCOc1ccc(Cl)cc1Cl. The van der Waals surface area contributed by atoms with Gasteiger partial charge in [0.2, 0.25) is 5.91 Å². The number of amides is 2. The quantitative estimate of drug-likeness (QED) is 0.188. The lowest BCUT2D eigenvalue weighted by atomic mass is 10.1. The molecular weight excluding hydrogens is 565 g/mol. The number of carbonyl (C=O) groups is 2. The summed E-state index contributed by atoms with van der Waals surface area (Å²) in [6.45, 7) is 4.98. The number of benzene rings is 2. The van der Waals surface area contributed by atoms with Crippen LogP contribution in [0.4, 0.5) is 0 Å². The first-order chi connectivity index (χ1) is 16.2. The topological polar surface area (TPSA) is 88.7 Å². The van der Waals surface area contributed by atoms with Crippen molar-refractivity contribution >= 4 is 68.3 Å². The summed E-state index contributed by atoms with van der Waals surface area (Å²) in [7, 11) is 0. The maximum atomic E-state index is 12.7. The van der Waals surface area contributed by atoms with Crippen LogP contribution in [0.5, 0.6) is 11.5 Å². The fourth-order valence-corrected chi connectivity index (χ4v) is 3.58. The Bertz CT molecular complexity index is 1020. The second-order valence-electron chi connectivity index (χ2n) is 7.65. The summed E-state index contributed by atoms with van der Waals surface area (Å²) in [5, 5.41) is 3.40. The Morgan fingerprint density at radius 3 is 2.44 bits per heavy atom. The van der Waals surface area contributed by atoms with Gasteiger partial charge in [0, 0.05) is 15.9 Å². The molecule has 0 unspecified atom stereocenters. The number of hydrogen-bond donors (Lipinski definition) is 3. The van der Waals surface area contributed by atoms with E-state index in [2.05, 4.69) is 45.9 Å². The van der Waals surface area contributed by atoms with Crippen LogP contribution in [-0.4, -0.2) is 30.1 Å². The first-order valence-electron chi connectivity index (χ1n) is 10.6. The van der Waals surface area contributed by atoms with Crippen molar-refractivity contribution in [2.75, 3.05) is 13.2 Å². The molecule has 2 rings (SSSR count). The van der Waals surface area contributed by atoms with Crippen molar-refractivity contribution in [1.82, 2.24) is 16.2 Å². The molecule has 0 aromatic heterocycles. The molecule has 3 N–H and O–H groups in total. The van der Waals surface area contributed by atoms with Gasteiger partial charge >= 0.3 is 0 Å². The van der Waals surface area contributed by atoms with Crippen LogP contribution >= 0.6 is 51.3 Å². The highest BCUT2D eigenvalue weighted by Crippen LogP contribution is 2.27. The number of halogens is 3. The maximum absolute atomic E-state index is 12.7. The Hall–Kier alpha value is -2.07. The van der Waals surface area contributed by atoms with Crippen molar-refractivity contribution in [3.8, 4) is 11.5 Å². The Kier molecular flexibility index (Phi) is 11.9. The van der Waals surface area contributed by atoms with E-state index in [0.29, 0.717) is 52.7 Å². The molecule has 0 atom stereocenters. The van der Waals surface area contributed by atoms with Gasteiger partial charge in [-0.15, -0.1) is 0 Å². The first-order valence-corrected chi connectivity index (χ1v) is 12.5. The van der Waals surface area contributed by atoms with Gasteiger partial charge in [0.25, 0.3) is 5.91 Å². The van der Waals surface area contributed by atoms with Crippen molar-refractivity contribution in [2.45, 2.75) is 33.1 Å². The average Bonchev–Trinajstić information content (AvgIpc) is 2.77. The zero-order valence-electron chi connectivity index (χ0n) is 18.8. The summed E-state index contributed by atoms with van der Waals surface area (Å²) in [4.78, 5) is 24.7. The van der Waals surface area contributed by atoms with Crippen LogP contribution in [0.2, 0.25) is 10.0 Å². The monoisotopic (exact) mass is 589 g/mol. The van der Waals surface area contributed by atoms with Crippen LogP contribution in [0.15, 0.2) is 40.9 Å². The highest BCUT2D eigenvalue weighted by molar-refractivity contribution is 9.10. The van der Waals surface area contributed by atoms with Gasteiger partial charge in [0.05, 0.1) is 23.8 Å². The molecule has 0 fully saturated rings. The molecule has 0 saturated carbocycles. The molecule has 0 aliphatic rings. The smallest absolute Gasteiger partial charge is 0.261 e. The van der Waals surface area contributed by atoms with Gasteiger partial charge in [-0.2, -0.15) is 0 Å². The predicted octanol–water partition coefficient (Wildman–Crippen LogP) is 5.68. The number of hydrogen-bond acceptors (Lipinski definition) is 5. The molecule has 184 valence electrons. The average molecular weight is 591 g/mol. The van der Waals surface area contributed by atoms with Gasteiger partial charge in [-0.1, -0.05) is 53.0 Å². The van der Waals surface area contributed by atoms with Crippen molar-refractivity contribution in [3.63, 3.8) is 0 Å². The lowest BCUT2D eigenvalue weighted by Crippen LogP contribution is -2.48. The van der Waals surface area contributed by atoms with E-state index in [-0.39, 0.29) is 17.4 Å². The van der Waals surface area contributed by atoms with Crippen LogP contribution in [0.3, 0.4) is 0 Å². The van der Waals surface area contributed by atoms with E-state index in [4.69, 9.17) is 44.9 Å². The fraction of sp³-hybridized carbons (Fsp3) is 0.348. The Morgan fingerprint density at radius 2 is 1.74 bits per heavy atom. The number of rotatable bonds is 10. The Morgan fingerprint density at radius 1 is 1.03 bits per heavy atom. The van der Waals surface area contributed by atoms with Crippen LogP contribution in [0.25, 0.3) is 0 Å². The molecule has 0 bridgehead atoms. The number of nitrogens with one attached hydrogen (secondary N) is 3. The van der Waals surface area contributed by atoms with Crippen molar-refractivity contribution in [2.24, 2.45) is 5.92 Å². The summed E-state index contributed by atoms with van der Waals surface area (Å²) < 4.78 is 12.0. The predicted molar refractivity (Wildman–Crippen MR) is 142 cm³/mol. The molecule has 11 heteroatoms. The van der Waals surface area contributed by atoms with Crippen LogP contribution < -0.4 is 25.6 Å². The van der Waals surface area contributed by atoms with Gasteiger partial charge in [-0.25, -0.2) is 0 Å². The summed E-state index contributed by atoms with van der Waals surface area (Å²) in [5.41, 5.74) is 5.29. The molecule has 0 aliphatic heterocycles. The van der Waals surface area contributed by atoms with E-state index >= 15 is 0 Å². The summed E-state index contributed by atoms with van der Waals surface area (Å²) in [6.07, 6.45) is 1.48. The van der Waals surface area contributed by atoms with E-state index in [1.54, 1.807) is 36.4 Å². The molecule has 0 heterocycles. The zero-order valence-corrected chi connectivity index (χ0v) is 22.7. The van der Waals surface area contributed by atoms with Gasteiger partial charge in [-0.05, 0) is 67.4 Å². The number of hydrazine groups is 1. The third-order valence-corrected chi connectivity index (χ3v) is 5.61. The largest absolute Gasteiger partial charge is 0.493 e. The standard InChI is InChI=1S/C23H26BrCl2N3O4S/c1-14(2)9-11-33-19-7-5-15(24)12-17(19)22(31)27-23(34)29-28-21(30)4-3-10-32-20-8-6-16(25)13-18(20)26/h5-8,12-14H,3-4,9-11H2,1-2H3,(H,28,30)(H2,27,29,31,34). The van der Waals surface area contributed by atoms with E-state index in [1.807, 2.05) is 0 Å². The fourth-order valence-electron chi connectivity index (χ4n) is 2.61. The Labute approximate surface area is 223 Å². The van der Waals surface area contributed by atoms with E-state index < -0.39 is 5.91 Å². The molecular formula is C23H26BrCl2N3O4S. The van der Waals surface area contributed by atoms with Gasteiger partial charge in [0.15, 0.2) is 5.11 Å². The minimum atomic E-state index is -0.458. The molecule has 34 heavy (non-hydrogen) atoms. The maximum Gasteiger partial charge on any atom is 0.261 e. The zero-order chi connectivity index (χ0) is 25.1. The lowest BCUT2D eigenvalue weighted by Gasteiger charge is -2.14. The van der Waals surface area contributed by atoms with E-state index in [9.17, 15) is 9.59 Å². The molecule has 2 amide bonds. The third-order valence-electron chi connectivity index (χ3n) is 4.38. The molecule has 7 nitrogen and oxygen atoms in total. The second kappa shape index (κ2) is 14.4. The molecule has 0 radical (unpaired) electrons. The van der Waals surface area contributed by atoms with Crippen LogP contribution in [0, 0.1) is 5.92 Å². The number of ether oxygens (including phenoxy) is 2. The minimum absolute atomic E-state index is 0.0457. The summed E-state index contributed by atoms with van der Waals surface area (Å²) in [5.74, 6) is 0.654. The van der Waals surface area contributed by atoms with Crippen LogP contribution in [-0.2, 0) is 4.79 Å². The molecule has 0 saturated heterocycles.